The second kappa shape index (κ2) is 6.74. The molecule has 0 aliphatic heterocycles. The Kier molecular flexibility index (Phi) is 5.48. The van der Waals surface area contributed by atoms with Gasteiger partial charge in [0.25, 0.3) is 0 Å². The Morgan fingerprint density at radius 3 is 2.41 bits per heavy atom. The van der Waals surface area contributed by atoms with E-state index in [-0.39, 0.29) is 22.8 Å². The molecule has 0 heterocycles. The van der Waals surface area contributed by atoms with Crippen LogP contribution in [0.4, 0.5) is 8.78 Å². The normalized spacial score (nSPS) is 12.0. The van der Waals surface area contributed by atoms with E-state index < -0.39 is 21.7 Å². The molecule has 0 fully saturated rings. The van der Waals surface area contributed by atoms with Gasteiger partial charge in [-0.15, -0.1) is 0 Å². The van der Waals surface area contributed by atoms with E-state index in [4.69, 9.17) is 4.74 Å². The Hall–Kier alpha value is -2.15. The van der Waals surface area contributed by atoms with Gasteiger partial charge in [0.2, 0.25) is 10.0 Å². The summed E-state index contributed by atoms with van der Waals surface area (Å²) in [7, 11) is -2.09. The van der Waals surface area contributed by atoms with E-state index in [1.807, 2.05) is 0 Å². The molecule has 1 rings (SSSR count). The van der Waals surface area contributed by atoms with Gasteiger partial charge in [0.15, 0.2) is 0 Å². The van der Waals surface area contributed by atoms with E-state index >= 15 is 0 Å². The van der Waals surface area contributed by atoms with Crippen LogP contribution in [0.5, 0.6) is 0 Å². The topological polar surface area (TPSA) is 46.6 Å². The van der Waals surface area contributed by atoms with Gasteiger partial charge in [-0.3, -0.25) is 4.31 Å². The first-order valence-corrected chi connectivity index (χ1v) is 8.00. The monoisotopic (exact) mass is 329 g/mol. The number of halogens is 2. The van der Waals surface area contributed by atoms with E-state index in [0.29, 0.717) is 0 Å². The molecule has 7 heteroatoms. The summed E-state index contributed by atoms with van der Waals surface area (Å²) in [6.45, 7) is 8.71. The molecule has 22 heavy (non-hydrogen) atoms. The number of benzene rings is 1. The lowest BCUT2D eigenvalue weighted by Crippen LogP contribution is -2.23. The highest BCUT2D eigenvalue weighted by atomic mass is 32.2. The van der Waals surface area contributed by atoms with Crippen LogP contribution >= 0.6 is 0 Å². The van der Waals surface area contributed by atoms with Crippen LogP contribution in [0, 0.1) is 11.6 Å². The van der Waals surface area contributed by atoms with E-state index in [0.717, 1.165) is 22.7 Å². The molecular weight excluding hydrogens is 312 g/mol. The smallest absolute Gasteiger partial charge is 0.231 e. The Morgan fingerprint density at radius 1 is 1.32 bits per heavy atom. The fraction of sp³-hybridized carbons (Fsp3) is 0.200. The molecule has 0 aliphatic rings. The molecule has 1 aromatic carbocycles. The molecule has 0 aromatic heterocycles. The van der Waals surface area contributed by atoms with Crippen molar-refractivity contribution < 1.29 is 21.9 Å². The Bertz CT molecular complexity index is 739. The van der Waals surface area contributed by atoms with Crippen molar-refractivity contribution in [3.8, 4) is 0 Å². The summed E-state index contributed by atoms with van der Waals surface area (Å²) in [5, 5.41) is 0. The van der Waals surface area contributed by atoms with Gasteiger partial charge in [-0.05, 0) is 25.1 Å². The summed E-state index contributed by atoms with van der Waals surface area (Å²) in [4.78, 5) is 0. The molecule has 0 bridgehead atoms. The van der Waals surface area contributed by atoms with Crippen LogP contribution in [0.15, 0.2) is 48.9 Å². The van der Waals surface area contributed by atoms with Crippen molar-refractivity contribution in [1.82, 2.24) is 4.31 Å². The lowest BCUT2D eigenvalue weighted by atomic mass is 10.2. The molecule has 0 radical (unpaired) electrons. The molecular formula is C15H17F2NO3S. The number of nitrogens with zero attached hydrogens (tertiary/aromatic N) is 1. The first-order valence-electron chi connectivity index (χ1n) is 6.15. The predicted octanol–water partition coefficient (Wildman–Crippen LogP) is 3.26. The maximum Gasteiger partial charge on any atom is 0.231 e. The lowest BCUT2D eigenvalue weighted by Gasteiger charge is -2.17. The quantitative estimate of drug-likeness (QED) is 0.594. The fourth-order valence-electron chi connectivity index (χ4n) is 1.53. The molecule has 0 spiro atoms. The zero-order chi connectivity index (χ0) is 17.1. The average molecular weight is 329 g/mol. The summed E-state index contributed by atoms with van der Waals surface area (Å²) in [5.74, 6) is -1.27. The van der Waals surface area contributed by atoms with Crippen LogP contribution < -0.4 is 0 Å². The Morgan fingerprint density at radius 2 is 1.91 bits per heavy atom. The van der Waals surface area contributed by atoms with Gasteiger partial charge in [-0.25, -0.2) is 17.2 Å². The van der Waals surface area contributed by atoms with Crippen LogP contribution in [-0.4, -0.2) is 26.0 Å². The van der Waals surface area contributed by atoms with Gasteiger partial charge in [-0.1, -0.05) is 13.2 Å². The minimum Gasteiger partial charge on any atom is -0.462 e. The van der Waals surface area contributed by atoms with Crippen molar-refractivity contribution in [3.05, 3.63) is 66.1 Å². The largest absolute Gasteiger partial charge is 0.462 e. The van der Waals surface area contributed by atoms with Crippen LogP contribution in [-0.2, 0) is 14.8 Å². The first-order chi connectivity index (χ1) is 10.0. The van der Waals surface area contributed by atoms with Gasteiger partial charge in [0, 0.05) is 18.8 Å². The molecule has 120 valence electrons. The molecule has 1 aromatic rings. The van der Waals surface area contributed by atoms with Crippen LogP contribution in [0.2, 0.25) is 0 Å². The number of likely N-dealkylation sites (N-methyl/N-ethyl adjacent to an activating group) is 1. The highest BCUT2D eigenvalue weighted by molar-refractivity contribution is 7.88. The second-order valence-corrected chi connectivity index (χ2v) is 6.64. The van der Waals surface area contributed by atoms with Gasteiger partial charge < -0.3 is 4.74 Å². The van der Waals surface area contributed by atoms with Crippen LogP contribution in [0.25, 0.3) is 5.76 Å². The van der Waals surface area contributed by atoms with Gasteiger partial charge in [0.05, 0.1) is 11.8 Å². The average Bonchev–Trinajstić information content (AvgIpc) is 2.35. The van der Waals surface area contributed by atoms with Crippen molar-refractivity contribution in [1.29, 1.82) is 0 Å². The number of allylic oxidation sites excluding steroid dienone is 2. The third-order valence-electron chi connectivity index (χ3n) is 2.79. The summed E-state index contributed by atoms with van der Waals surface area (Å²) < 4.78 is 55.5. The summed E-state index contributed by atoms with van der Waals surface area (Å²) in [6.07, 6.45) is 2.41. The SMILES string of the molecule is C=C(O/C(C)=C/C(=C)N(C)S(C)(=O)=O)c1ccc(F)cc1F. The standard InChI is InChI=1S/C15H17F2NO3S/c1-10(18(4)22(5,19)20)8-11(2)21-12(3)14-7-6-13(16)9-15(14)17/h6-9H,1,3H2,2,4-5H3/b11-8+. The number of rotatable bonds is 6. The predicted molar refractivity (Wildman–Crippen MR) is 82.0 cm³/mol. The fourth-order valence-corrected chi connectivity index (χ4v) is 2.01. The van der Waals surface area contributed by atoms with Crippen molar-refractivity contribution in [2.45, 2.75) is 6.92 Å². The zero-order valence-corrected chi connectivity index (χ0v) is 13.4. The summed E-state index contributed by atoms with van der Waals surface area (Å²) >= 11 is 0. The van der Waals surface area contributed by atoms with Crippen molar-refractivity contribution in [3.63, 3.8) is 0 Å². The third-order valence-corrected chi connectivity index (χ3v) is 4.02. The molecule has 0 N–H and O–H groups in total. The summed E-state index contributed by atoms with van der Waals surface area (Å²) in [5.41, 5.74) is 0.184. The number of sulfonamides is 1. The first kappa shape index (κ1) is 17.9. The van der Waals surface area contributed by atoms with Crippen LogP contribution in [0.1, 0.15) is 12.5 Å². The van der Waals surface area contributed by atoms with Gasteiger partial charge in [-0.2, -0.15) is 0 Å². The number of hydrogen-bond acceptors (Lipinski definition) is 3. The highest BCUT2D eigenvalue weighted by Crippen LogP contribution is 2.22. The number of hydrogen-bond donors (Lipinski definition) is 0. The van der Waals surface area contributed by atoms with Gasteiger partial charge in [0.1, 0.15) is 23.2 Å². The van der Waals surface area contributed by atoms with E-state index in [9.17, 15) is 17.2 Å². The Labute approximate surface area is 129 Å². The minimum atomic E-state index is -3.43. The minimum absolute atomic E-state index is 0.0104. The number of ether oxygens (including phenoxy) is 1. The molecule has 0 aliphatic carbocycles. The summed E-state index contributed by atoms with van der Waals surface area (Å²) in [6, 6.07) is 3.01. The molecule has 0 saturated carbocycles. The van der Waals surface area contributed by atoms with Crippen LogP contribution in [0.3, 0.4) is 0 Å². The molecule has 0 unspecified atom stereocenters. The second-order valence-electron chi connectivity index (χ2n) is 4.63. The Balaban J connectivity index is 2.88. The molecule has 0 amide bonds. The lowest BCUT2D eigenvalue weighted by molar-refractivity contribution is 0.381. The van der Waals surface area contributed by atoms with Crippen molar-refractivity contribution in [2.75, 3.05) is 13.3 Å². The highest BCUT2D eigenvalue weighted by Gasteiger charge is 2.13. The maximum atomic E-state index is 13.6. The third kappa shape index (κ3) is 4.70. The van der Waals surface area contributed by atoms with Crippen molar-refractivity contribution in [2.24, 2.45) is 0 Å². The zero-order valence-electron chi connectivity index (χ0n) is 12.6. The molecule has 0 saturated heterocycles. The van der Waals surface area contributed by atoms with Crippen molar-refractivity contribution >= 4 is 15.8 Å². The van der Waals surface area contributed by atoms with E-state index in [1.165, 1.54) is 26.1 Å². The maximum absolute atomic E-state index is 13.6. The molecule has 0 atom stereocenters. The van der Waals surface area contributed by atoms with E-state index in [1.54, 1.807) is 0 Å². The van der Waals surface area contributed by atoms with E-state index in [2.05, 4.69) is 13.2 Å². The van der Waals surface area contributed by atoms with Gasteiger partial charge >= 0.3 is 0 Å². The molecule has 4 nitrogen and oxygen atoms in total.